The van der Waals surface area contributed by atoms with Crippen molar-refractivity contribution in [3.8, 4) is 11.6 Å². The molecule has 1 fully saturated rings. The zero-order chi connectivity index (χ0) is 19.5. The summed E-state index contributed by atoms with van der Waals surface area (Å²) in [5, 5.41) is 4.23. The summed E-state index contributed by atoms with van der Waals surface area (Å²) in [4.78, 5) is 23.8. The molecule has 0 saturated carbocycles. The van der Waals surface area contributed by atoms with Gasteiger partial charge in [0, 0.05) is 44.0 Å². The Kier molecular flexibility index (Phi) is 5.06. The van der Waals surface area contributed by atoms with Crippen LogP contribution >= 0.6 is 0 Å². The number of likely N-dealkylation sites (tertiary alicyclic amines) is 1. The standard InChI is InChI=1S/C21H23N5O2/c1-15-13-19(28-17-8-4-3-5-9-17)23-20(22-15)16-7-6-11-26(14-16)21(27)18-10-12-25(2)24-18/h3-5,8-10,12-13,16H,6-7,11,14H2,1-2H3. The maximum Gasteiger partial charge on any atom is 0.274 e. The highest BCUT2D eigenvalue weighted by Crippen LogP contribution is 2.28. The molecule has 7 heteroatoms. The van der Waals surface area contributed by atoms with Crippen LogP contribution in [0.5, 0.6) is 11.6 Å². The molecule has 1 saturated heterocycles. The van der Waals surface area contributed by atoms with Gasteiger partial charge in [0.05, 0.1) is 0 Å². The molecular weight excluding hydrogens is 354 g/mol. The van der Waals surface area contributed by atoms with Crippen LogP contribution in [0.4, 0.5) is 0 Å². The molecule has 2 aromatic heterocycles. The minimum absolute atomic E-state index is 0.0429. The third kappa shape index (κ3) is 4.03. The van der Waals surface area contributed by atoms with Crippen molar-refractivity contribution < 1.29 is 9.53 Å². The maximum atomic E-state index is 12.7. The predicted molar refractivity (Wildman–Crippen MR) is 104 cm³/mol. The highest BCUT2D eigenvalue weighted by Gasteiger charge is 2.28. The molecule has 3 aromatic rings. The lowest BCUT2D eigenvalue weighted by molar-refractivity contribution is 0.0697. The third-order valence-electron chi connectivity index (χ3n) is 4.82. The van der Waals surface area contributed by atoms with Crippen LogP contribution in [0.15, 0.2) is 48.7 Å². The van der Waals surface area contributed by atoms with Crippen molar-refractivity contribution in [3.63, 3.8) is 0 Å². The van der Waals surface area contributed by atoms with E-state index in [0.29, 0.717) is 18.1 Å². The number of rotatable bonds is 4. The van der Waals surface area contributed by atoms with E-state index in [2.05, 4.69) is 15.1 Å². The quantitative estimate of drug-likeness (QED) is 0.697. The smallest absolute Gasteiger partial charge is 0.274 e. The number of carbonyl (C=O) groups excluding carboxylic acids is 1. The Bertz CT molecular complexity index is 970. The van der Waals surface area contributed by atoms with Crippen LogP contribution in [-0.4, -0.2) is 43.6 Å². The van der Waals surface area contributed by atoms with E-state index in [1.165, 1.54) is 0 Å². The molecule has 1 aromatic carbocycles. The number of para-hydroxylation sites is 1. The van der Waals surface area contributed by atoms with Gasteiger partial charge in [-0.2, -0.15) is 10.1 Å². The largest absolute Gasteiger partial charge is 0.439 e. The number of benzene rings is 1. The van der Waals surface area contributed by atoms with E-state index in [0.717, 1.165) is 36.7 Å². The van der Waals surface area contributed by atoms with E-state index in [-0.39, 0.29) is 11.8 Å². The number of carbonyl (C=O) groups is 1. The number of amides is 1. The molecule has 0 radical (unpaired) electrons. The summed E-state index contributed by atoms with van der Waals surface area (Å²) >= 11 is 0. The van der Waals surface area contributed by atoms with Gasteiger partial charge in [-0.05, 0) is 38.0 Å². The first kappa shape index (κ1) is 18.2. The zero-order valence-corrected chi connectivity index (χ0v) is 16.1. The Balaban J connectivity index is 1.52. The number of hydrogen-bond acceptors (Lipinski definition) is 5. The number of ether oxygens (including phenoxy) is 1. The summed E-state index contributed by atoms with van der Waals surface area (Å²) in [6.45, 7) is 3.25. The predicted octanol–water partition coefficient (Wildman–Crippen LogP) is 3.33. The summed E-state index contributed by atoms with van der Waals surface area (Å²) in [7, 11) is 1.81. The lowest BCUT2D eigenvalue weighted by atomic mass is 9.96. The van der Waals surface area contributed by atoms with Crippen LogP contribution in [0.25, 0.3) is 0 Å². The minimum atomic E-state index is -0.0429. The Morgan fingerprint density at radius 3 is 2.75 bits per heavy atom. The van der Waals surface area contributed by atoms with E-state index >= 15 is 0 Å². The molecule has 0 N–H and O–H groups in total. The third-order valence-corrected chi connectivity index (χ3v) is 4.82. The van der Waals surface area contributed by atoms with E-state index in [4.69, 9.17) is 4.74 Å². The molecule has 0 spiro atoms. The summed E-state index contributed by atoms with van der Waals surface area (Å²) < 4.78 is 7.54. The van der Waals surface area contributed by atoms with Gasteiger partial charge in [-0.25, -0.2) is 4.98 Å². The van der Waals surface area contributed by atoms with E-state index in [1.54, 1.807) is 16.9 Å². The van der Waals surface area contributed by atoms with Gasteiger partial charge in [0.15, 0.2) is 0 Å². The molecule has 1 aliphatic rings. The Hall–Kier alpha value is -3.22. The molecule has 144 valence electrons. The molecule has 4 rings (SSSR count). The Morgan fingerprint density at radius 1 is 1.18 bits per heavy atom. The van der Waals surface area contributed by atoms with Crippen LogP contribution < -0.4 is 4.74 Å². The average molecular weight is 377 g/mol. The fourth-order valence-electron chi connectivity index (χ4n) is 3.47. The number of nitrogens with zero attached hydrogens (tertiary/aromatic N) is 5. The fraction of sp³-hybridized carbons (Fsp3) is 0.333. The number of aromatic nitrogens is 4. The number of hydrogen-bond donors (Lipinski definition) is 0. The van der Waals surface area contributed by atoms with Crippen molar-refractivity contribution in [1.29, 1.82) is 0 Å². The number of aryl methyl sites for hydroxylation is 2. The molecule has 1 aliphatic heterocycles. The van der Waals surface area contributed by atoms with Crippen LogP contribution in [0.1, 0.15) is 40.8 Å². The van der Waals surface area contributed by atoms with Gasteiger partial charge >= 0.3 is 0 Å². The SMILES string of the molecule is Cc1cc(Oc2ccccc2)nc(C2CCCN(C(=O)c3ccn(C)n3)C2)n1. The van der Waals surface area contributed by atoms with Crippen molar-refractivity contribution in [2.45, 2.75) is 25.7 Å². The second-order valence-corrected chi connectivity index (χ2v) is 7.09. The molecule has 0 aliphatic carbocycles. The molecule has 1 unspecified atom stereocenters. The van der Waals surface area contributed by atoms with E-state index in [1.807, 2.05) is 55.3 Å². The van der Waals surface area contributed by atoms with E-state index in [9.17, 15) is 4.79 Å². The first-order chi connectivity index (χ1) is 13.6. The number of piperidine rings is 1. The van der Waals surface area contributed by atoms with Crippen LogP contribution in [0.2, 0.25) is 0 Å². The lowest BCUT2D eigenvalue weighted by Crippen LogP contribution is -2.39. The maximum absolute atomic E-state index is 12.7. The van der Waals surface area contributed by atoms with Crippen molar-refractivity contribution in [2.24, 2.45) is 7.05 Å². The molecule has 1 atom stereocenters. The van der Waals surface area contributed by atoms with Crippen LogP contribution in [-0.2, 0) is 7.05 Å². The van der Waals surface area contributed by atoms with Crippen molar-refractivity contribution in [3.05, 3.63) is 65.9 Å². The van der Waals surface area contributed by atoms with Crippen molar-refractivity contribution in [1.82, 2.24) is 24.6 Å². The van der Waals surface area contributed by atoms with Gasteiger partial charge in [-0.1, -0.05) is 18.2 Å². The average Bonchev–Trinajstić information content (AvgIpc) is 3.14. The molecule has 28 heavy (non-hydrogen) atoms. The summed E-state index contributed by atoms with van der Waals surface area (Å²) in [6.07, 6.45) is 3.64. The van der Waals surface area contributed by atoms with E-state index < -0.39 is 0 Å². The van der Waals surface area contributed by atoms with Crippen LogP contribution in [0.3, 0.4) is 0 Å². The van der Waals surface area contributed by atoms with Gasteiger partial charge < -0.3 is 9.64 Å². The summed E-state index contributed by atoms with van der Waals surface area (Å²) in [5.41, 5.74) is 1.32. The Morgan fingerprint density at radius 2 is 2.00 bits per heavy atom. The Labute approximate surface area is 164 Å². The molecule has 7 nitrogen and oxygen atoms in total. The summed E-state index contributed by atoms with van der Waals surface area (Å²) in [6, 6.07) is 13.2. The van der Waals surface area contributed by atoms with Gasteiger partial charge in [0.1, 0.15) is 17.3 Å². The van der Waals surface area contributed by atoms with Crippen molar-refractivity contribution >= 4 is 5.91 Å². The van der Waals surface area contributed by atoms with Gasteiger partial charge in [-0.3, -0.25) is 9.48 Å². The first-order valence-corrected chi connectivity index (χ1v) is 9.46. The molecular formula is C21H23N5O2. The second kappa shape index (κ2) is 7.80. The fourth-order valence-corrected chi connectivity index (χ4v) is 3.47. The minimum Gasteiger partial charge on any atom is -0.439 e. The molecule has 0 bridgehead atoms. The normalized spacial score (nSPS) is 16.8. The van der Waals surface area contributed by atoms with Crippen LogP contribution in [0, 0.1) is 6.92 Å². The van der Waals surface area contributed by atoms with Crippen molar-refractivity contribution in [2.75, 3.05) is 13.1 Å². The monoisotopic (exact) mass is 377 g/mol. The lowest BCUT2D eigenvalue weighted by Gasteiger charge is -2.31. The topological polar surface area (TPSA) is 73.1 Å². The summed E-state index contributed by atoms with van der Waals surface area (Å²) in [5.74, 6) is 2.03. The zero-order valence-electron chi connectivity index (χ0n) is 16.1. The molecule has 3 heterocycles. The van der Waals surface area contributed by atoms with Gasteiger partial charge in [0.2, 0.25) is 5.88 Å². The molecule has 1 amide bonds. The van der Waals surface area contributed by atoms with Gasteiger partial charge in [0.25, 0.3) is 5.91 Å². The first-order valence-electron chi connectivity index (χ1n) is 9.46. The van der Waals surface area contributed by atoms with Gasteiger partial charge in [-0.15, -0.1) is 0 Å². The second-order valence-electron chi connectivity index (χ2n) is 7.09. The highest BCUT2D eigenvalue weighted by molar-refractivity contribution is 5.92. The highest BCUT2D eigenvalue weighted by atomic mass is 16.5.